The number of hydrogen-bond donors (Lipinski definition) is 2. The van der Waals surface area contributed by atoms with E-state index < -0.39 is 0 Å². The number of pyridine rings is 1. The first-order chi connectivity index (χ1) is 10.8. The molecule has 0 aliphatic heterocycles. The zero-order valence-corrected chi connectivity index (χ0v) is 13.6. The molecule has 0 aliphatic carbocycles. The molecule has 0 radical (unpaired) electrons. The quantitative estimate of drug-likeness (QED) is 0.574. The first kappa shape index (κ1) is 14.6. The number of anilines is 1. The number of nitrogens with zero attached hydrogens (tertiary/aromatic N) is 2. The SMILES string of the molecule is CC.Cc1ccnc2sc3c(NCc4ccco4)n[nH]c3c12. The molecule has 0 amide bonds. The van der Waals surface area contributed by atoms with Gasteiger partial charge in [-0.2, -0.15) is 5.10 Å². The van der Waals surface area contributed by atoms with Crippen LogP contribution < -0.4 is 5.32 Å². The minimum atomic E-state index is 0.619. The number of aryl methyl sites for hydroxylation is 1. The Morgan fingerprint density at radius 1 is 1.32 bits per heavy atom. The summed E-state index contributed by atoms with van der Waals surface area (Å²) < 4.78 is 6.42. The standard InChI is InChI=1S/C14H12N4OS.C2H6/c1-8-4-5-15-14-10(8)11-12(20-14)13(18-17-11)16-7-9-3-2-6-19-9;1-2/h2-6H,7H2,1H3,(H2,16,17,18);1-2H3. The van der Waals surface area contributed by atoms with Crippen LogP contribution >= 0.6 is 11.3 Å². The molecule has 22 heavy (non-hydrogen) atoms. The van der Waals surface area contributed by atoms with Crippen LogP contribution in [-0.4, -0.2) is 15.2 Å². The molecular weight excluding hydrogens is 296 g/mol. The van der Waals surface area contributed by atoms with E-state index in [9.17, 15) is 0 Å². The zero-order valence-electron chi connectivity index (χ0n) is 12.8. The molecule has 4 heterocycles. The number of thiophene rings is 1. The van der Waals surface area contributed by atoms with Crippen LogP contribution in [0.15, 0.2) is 35.1 Å². The fourth-order valence-electron chi connectivity index (χ4n) is 2.32. The van der Waals surface area contributed by atoms with Gasteiger partial charge in [0.2, 0.25) is 0 Å². The number of hydrogen-bond acceptors (Lipinski definition) is 5. The summed E-state index contributed by atoms with van der Waals surface area (Å²) in [6.45, 7) is 6.71. The molecule has 0 fully saturated rings. The highest BCUT2D eigenvalue weighted by molar-refractivity contribution is 7.26. The van der Waals surface area contributed by atoms with E-state index in [-0.39, 0.29) is 0 Å². The maximum absolute atomic E-state index is 5.31. The van der Waals surface area contributed by atoms with Gasteiger partial charge in [0.05, 0.1) is 23.0 Å². The van der Waals surface area contributed by atoms with E-state index in [0.717, 1.165) is 32.0 Å². The van der Waals surface area contributed by atoms with Crippen molar-refractivity contribution in [2.75, 3.05) is 5.32 Å². The third-order valence-electron chi connectivity index (χ3n) is 3.31. The fraction of sp³-hybridized carbons (Fsp3) is 0.250. The summed E-state index contributed by atoms with van der Waals surface area (Å²) in [6, 6.07) is 5.84. The Morgan fingerprint density at radius 2 is 2.18 bits per heavy atom. The van der Waals surface area contributed by atoms with Crippen molar-refractivity contribution in [2.45, 2.75) is 27.3 Å². The predicted molar refractivity (Wildman–Crippen MR) is 91.4 cm³/mol. The summed E-state index contributed by atoms with van der Waals surface area (Å²) in [7, 11) is 0. The number of nitrogens with one attached hydrogen (secondary N) is 2. The van der Waals surface area contributed by atoms with Crippen LogP contribution in [0.25, 0.3) is 20.4 Å². The third-order valence-corrected chi connectivity index (χ3v) is 4.41. The maximum atomic E-state index is 5.31. The lowest BCUT2D eigenvalue weighted by atomic mass is 10.2. The zero-order chi connectivity index (χ0) is 15.5. The Bertz CT molecular complexity index is 876. The van der Waals surface area contributed by atoms with Gasteiger partial charge in [-0.3, -0.25) is 5.10 Å². The van der Waals surface area contributed by atoms with Crippen molar-refractivity contribution in [3.05, 3.63) is 42.0 Å². The lowest BCUT2D eigenvalue weighted by molar-refractivity contribution is 0.518. The minimum absolute atomic E-state index is 0.619. The van der Waals surface area contributed by atoms with Crippen LogP contribution in [0, 0.1) is 6.92 Å². The molecule has 0 spiro atoms. The number of aromatic nitrogens is 3. The smallest absolute Gasteiger partial charge is 0.166 e. The van der Waals surface area contributed by atoms with Gasteiger partial charge in [0.25, 0.3) is 0 Å². The van der Waals surface area contributed by atoms with Gasteiger partial charge in [0, 0.05) is 11.6 Å². The van der Waals surface area contributed by atoms with Gasteiger partial charge in [-0.25, -0.2) is 4.98 Å². The summed E-state index contributed by atoms with van der Waals surface area (Å²) in [5.74, 6) is 1.73. The highest BCUT2D eigenvalue weighted by atomic mass is 32.1. The van der Waals surface area contributed by atoms with Gasteiger partial charge in [-0.1, -0.05) is 13.8 Å². The molecule has 5 nitrogen and oxygen atoms in total. The Labute approximate surface area is 132 Å². The molecule has 0 unspecified atom stereocenters. The second-order valence-corrected chi connectivity index (χ2v) is 5.62. The van der Waals surface area contributed by atoms with Crippen LogP contribution in [-0.2, 0) is 6.54 Å². The van der Waals surface area contributed by atoms with Crippen molar-refractivity contribution in [1.29, 1.82) is 0 Å². The summed E-state index contributed by atoms with van der Waals surface area (Å²) in [6.07, 6.45) is 3.51. The van der Waals surface area contributed by atoms with E-state index in [0.29, 0.717) is 6.54 Å². The lowest BCUT2D eigenvalue weighted by Gasteiger charge is -1.98. The van der Waals surface area contributed by atoms with Crippen molar-refractivity contribution in [2.24, 2.45) is 0 Å². The average molecular weight is 314 g/mol. The van der Waals surface area contributed by atoms with E-state index in [1.807, 2.05) is 38.2 Å². The Morgan fingerprint density at radius 3 is 2.95 bits per heavy atom. The molecule has 0 aliphatic rings. The molecule has 4 rings (SSSR count). The Hall–Kier alpha value is -2.34. The number of rotatable bonds is 3. The first-order valence-corrected chi connectivity index (χ1v) is 8.13. The van der Waals surface area contributed by atoms with E-state index >= 15 is 0 Å². The first-order valence-electron chi connectivity index (χ1n) is 7.31. The van der Waals surface area contributed by atoms with E-state index in [1.54, 1.807) is 17.6 Å². The summed E-state index contributed by atoms with van der Waals surface area (Å²) in [5, 5.41) is 11.9. The van der Waals surface area contributed by atoms with Gasteiger partial charge < -0.3 is 9.73 Å². The van der Waals surface area contributed by atoms with Crippen molar-refractivity contribution < 1.29 is 4.42 Å². The fourth-order valence-corrected chi connectivity index (χ4v) is 3.45. The maximum Gasteiger partial charge on any atom is 0.166 e. The van der Waals surface area contributed by atoms with Crippen molar-refractivity contribution in [3.63, 3.8) is 0 Å². The second kappa shape index (κ2) is 6.19. The Kier molecular flexibility index (Phi) is 4.11. The topological polar surface area (TPSA) is 66.7 Å². The Balaban J connectivity index is 0.000000693. The monoisotopic (exact) mass is 314 g/mol. The number of H-pyrrole nitrogens is 1. The normalized spacial score (nSPS) is 10.7. The van der Waals surface area contributed by atoms with Crippen molar-refractivity contribution >= 4 is 37.6 Å². The average Bonchev–Trinajstić information content (AvgIpc) is 3.24. The van der Waals surface area contributed by atoms with E-state index in [2.05, 4.69) is 27.4 Å². The highest BCUT2D eigenvalue weighted by Gasteiger charge is 2.14. The van der Waals surface area contributed by atoms with Crippen LogP contribution in [0.2, 0.25) is 0 Å². The molecule has 114 valence electrons. The van der Waals surface area contributed by atoms with Gasteiger partial charge in [0.1, 0.15) is 10.6 Å². The lowest BCUT2D eigenvalue weighted by Crippen LogP contribution is -1.98. The second-order valence-electron chi connectivity index (χ2n) is 4.62. The molecule has 0 bridgehead atoms. The highest BCUT2D eigenvalue weighted by Crippen LogP contribution is 2.36. The van der Waals surface area contributed by atoms with E-state index in [4.69, 9.17) is 4.42 Å². The summed E-state index contributed by atoms with van der Waals surface area (Å²) in [5.41, 5.74) is 2.26. The van der Waals surface area contributed by atoms with Crippen LogP contribution in [0.1, 0.15) is 25.2 Å². The molecule has 4 aromatic heterocycles. The number of furan rings is 1. The summed E-state index contributed by atoms with van der Waals surface area (Å²) >= 11 is 1.65. The molecule has 0 aromatic carbocycles. The molecule has 6 heteroatoms. The van der Waals surface area contributed by atoms with Gasteiger partial charge >= 0.3 is 0 Å². The largest absolute Gasteiger partial charge is 0.467 e. The van der Waals surface area contributed by atoms with Gasteiger partial charge in [-0.05, 0) is 30.7 Å². The summed E-state index contributed by atoms with van der Waals surface area (Å²) in [4.78, 5) is 5.46. The third kappa shape index (κ3) is 2.46. The van der Waals surface area contributed by atoms with Crippen molar-refractivity contribution in [1.82, 2.24) is 15.2 Å². The number of fused-ring (bicyclic) bond motifs is 3. The minimum Gasteiger partial charge on any atom is -0.467 e. The molecule has 2 N–H and O–H groups in total. The number of aromatic amines is 1. The molecule has 0 atom stereocenters. The van der Waals surface area contributed by atoms with Gasteiger partial charge in [0.15, 0.2) is 5.82 Å². The van der Waals surface area contributed by atoms with Crippen LogP contribution in [0.3, 0.4) is 0 Å². The van der Waals surface area contributed by atoms with Crippen LogP contribution in [0.5, 0.6) is 0 Å². The van der Waals surface area contributed by atoms with E-state index in [1.165, 1.54) is 5.56 Å². The molecule has 4 aromatic rings. The molecular formula is C16H18N4OS. The van der Waals surface area contributed by atoms with Crippen LogP contribution in [0.4, 0.5) is 5.82 Å². The van der Waals surface area contributed by atoms with Crippen molar-refractivity contribution in [3.8, 4) is 0 Å². The van der Waals surface area contributed by atoms with Gasteiger partial charge in [-0.15, -0.1) is 11.3 Å². The molecule has 0 saturated carbocycles. The molecule has 0 saturated heterocycles. The predicted octanol–water partition coefficient (Wildman–Crippen LogP) is 4.71.